The summed E-state index contributed by atoms with van der Waals surface area (Å²) in [4.78, 5) is 23.9. The molecule has 1 saturated carbocycles. The second kappa shape index (κ2) is 8.87. The largest absolute Gasteiger partial charge is 0.494 e. The van der Waals surface area contributed by atoms with Crippen LogP contribution in [0.3, 0.4) is 0 Å². The van der Waals surface area contributed by atoms with Crippen LogP contribution in [0.1, 0.15) is 30.4 Å². The maximum absolute atomic E-state index is 13.0. The van der Waals surface area contributed by atoms with E-state index in [1.54, 1.807) is 12.1 Å². The average molecular weight is 385 g/mol. The summed E-state index contributed by atoms with van der Waals surface area (Å²) in [5.41, 5.74) is 1.81. The second-order valence-electron chi connectivity index (χ2n) is 7.06. The standard InChI is InChI=1S/C22H24FNO4/c1-2-28-18-9-3-14(4-10-18)11-16(22(26)27)13-24-21(25)20-12-19(20)15-5-7-17(23)8-6-15/h3-10,16,19-20H,2,11-13H2,1H3,(H,24,25)(H,26,27). The van der Waals surface area contributed by atoms with Crippen molar-refractivity contribution in [3.8, 4) is 5.75 Å². The van der Waals surface area contributed by atoms with E-state index in [-0.39, 0.29) is 30.1 Å². The van der Waals surface area contributed by atoms with Gasteiger partial charge in [0.2, 0.25) is 5.91 Å². The van der Waals surface area contributed by atoms with Gasteiger partial charge < -0.3 is 15.2 Å². The van der Waals surface area contributed by atoms with Gasteiger partial charge in [0, 0.05) is 12.5 Å². The third kappa shape index (κ3) is 5.09. The summed E-state index contributed by atoms with van der Waals surface area (Å²) in [5, 5.41) is 12.3. The second-order valence-corrected chi connectivity index (χ2v) is 7.06. The first-order chi connectivity index (χ1) is 13.5. The first-order valence-electron chi connectivity index (χ1n) is 9.45. The summed E-state index contributed by atoms with van der Waals surface area (Å²) in [5.74, 6) is -1.45. The molecule has 0 bridgehead atoms. The van der Waals surface area contributed by atoms with Crippen LogP contribution in [0.4, 0.5) is 4.39 Å². The molecule has 0 heterocycles. The molecule has 1 aliphatic rings. The van der Waals surface area contributed by atoms with Gasteiger partial charge in [-0.2, -0.15) is 0 Å². The van der Waals surface area contributed by atoms with Crippen molar-refractivity contribution in [3.63, 3.8) is 0 Å². The van der Waals surface area contributed by atoms with Crippen molar-refractivity contribution in [1.82, 2.24) is 5.32 Å². The lowest BCUT2D eigenvalue weighted by atomic mass is 9.99. The zero-order valence-electron chi connectivity index (χ0n) is 15.7. The van der Waals surface area contributed by atoms with Crippen LogP contribution >= 0.6 is 0 Å². The van der Waals surface area contributed by atoms with Gasteiger partial charge in [0.1, 0.15) is 11.6 Å². The Labute approximate surface area is 163 Å². The zero-order chi connectivity index (χ0) is 20.1. The minimum atomic E-state index is -0.944. The van der Waals surface area contributed by atoms with Gasteiger partial charge in [0.15, 0.2) is 0 Å². The number of benzene rings is 2. The normalized spacial score (nSPS) is 18.9. The van der Waals surface area contributed by atoms with Gasteiger partial charge in [-0.1, -0.05) is 24.3 Å². The van der Waals surface area contributed by atoms with E-state index in [1.165, 1.54) is 12.1 Å². The predicted octanol–water partition coefficient (Wildman–Crippen LogP) is 3.39. The Kier molecular flexibility index (Phi) is 6.29. The number of hydrogen-bond acceptors (Lipinski definition) is 3. The average Bonchev–Trinajstić information content (AvgIpc) is 3.48. The molecule has 28 heavy (non-hydrogen) atoms. The van der Waals surface area contributed by atoms with Crippen LogP contribution in [-0.4, -0.2) is 30.1 Å². The van der Waals surface area contributed by atoms with Gasteiger partial charge in [-0.05, 0) is 61.1 Å². The van der Waals surface area contributed by atoms with Crippen LogP contribution < -0.4 is 10.1 Å². The number of aliphatic carboxylic acids is 1. The van der Waals surface area contributed by atoms with Crippen molar-refractivity contribution in [1.29, 1.82) is 0 Å². The molecule has 1 aliphatic carbocycles. The lowest BCUT2D eigenvalue weighted by Gasteiger charge is -2.14. The van der Waals surface area contributed by atoms with Gasteiger partial charge in [-0.25, -0.2) is 4.39 Å². The molecule has 2 aromatic carbocycles. The van der Waals surface area contributed by atoms with E-state index < -0.39 is 11.9 Å². The Morgan fingerprint density at radius 2 is 1.86 bits per heavy atom. The highest BCUT2D eigenvalue weighted by molar-refractivity contribution is 5.83. The zero-order valence-corrected chi connectivity index (χ0v) is 15.7. The Hall–Kier alpha value is -2.89. The van der Waals surface area contributed by atoms with E-state index >= 15 is 0 Å². The fraction of sp³-hybridized carbons (Fsp3) is 0.364. The molecule has 6 heteroatoms. The summed E-state index contributed by atoms with van der Waals surface area (Å²) in [6.07, 6.45) is 1.03. The maximum atomic E-state index is 13.0. The molecule has 3 rings (SSSR count). The number of amides is 1. The fourth-order valence-electron chi connectivity index (χ4n) is 3.34. The molecule has 0 spiro atoms. The van der Waals surface area contributed by atoms with Gasteiger partial charge in [-0.15, -0.1) is 0 Å². The molecule has 0 aromatic heterocycles. The van der Waals surface area contributed by atoms with Crippen LogP contribution in [0.15, 0.2) is 48.5 Å². The molecule has 0 radical (unpaired) electrons. The maximum Gasteiger partial charge on any atom is 0.308 e. The summed E-state index contributed by atoms with van der Waals surface area (Å²) in [7, 11) is 0. The minimum absolute atomic E-state index is 0.0774. The summed E-state index contributed by atoms with van der Waals surface area (Å²) in [6.45, 7) is 2.55. The van der Waals surface area contributed by atoms with Crippen molar-refractivity contribution in [2.24, 2.45) is 11.8 Å². The number of hydrogen-bond donors (Lipinski definition) is 2. The summed E-state index contributed by atoms with van der Waals surface area (Å²) in [6, 6.07) is 13.5. The molecular weight excluding hydrogens is 361 g/mol. The number of carbonyl (C=O) groups is 2. The van der Waals surface area contributed by atoms with Gasteiger partial charge in [0.25, 0.3) is 0 Å². The molecule has 0 saturated heterocycles. The third-order valence-corrected chi connectivity index (χ3v) is 5.01. The van der Waals surface area contributed by atoms with Crippen LogP contribution in [0.2, 0.25) is 0 Å². The fourth-order valence-corrected chi connectivity index (χ4v) is 3.34. The first-order valence-corrected chi connectivity index (χ1v) is 9.45. The number of carboxylic acids is 1. The number of rotatable bonds is 9. The summed E-state index contributed by atoms with van der Waals surface area (Å²) >= 11 is 0. The van der Waals surface area contributed by atoms with E-state index in [9.17, 15) is 19.1 Å². The monoisotopic (exact) mass is 385 g/mol. The van der Waals surface area contributed by atoms with Crippen molar-refractivity contribution in [2.45, 2.75) is 25.7 Å². The van der Waals surface area contributed by atoms with Gasteiger partial charge >= 0.3 is 5.97 Å². The van der Waals surface area contributed by atoms with Crippen LogP contribution in [0.25, 0.3) is 0 Å². The number of nitrogens with one attached hydrogen (secondary N) is 1. The highest BCUT2D eigenvalue weighted by Crippen LogP contribution is 2.47. The molecule has 2 N–H and O–H groups in total. The highest BCUT2D eigenvalue weighted by atomic mass is 19.1. The van der Waals surface area contributed by atoms with Crippen molar-refractivity contribution >= 4 is 11.9 Å². The van der Waals surface area contributed by atoms with Crippen molar-refractivity contribution < 1.29 is 23.8 Å². The van der Waals surface area contributed by atoms with E-state index in [4.69, 9.17) is 4.74 Å². The molecule has 2 aromatic rings. The quantitative estimate of drug-likeness (QED) is 0.694. The Balaban J connectivity index is 1.51. The third-order valence-electron chi connectivity index (χ3n) is 5.01. The van der Waals surface area contributed by atoms with E-state index in [1.807, 2.05) is 31.2 Å². The van der Waals surface area contributed by atoms with Gasteiger partial charge in [-0.3, -0.25) is 9.59 Å². The molecular formula is C22H24FNO4. The molecule has 0 aliphatic heterocycles. The SMILES string of the molecule is CCOc1ccc(CC(CNC(=O)C2CC2c2ccc(F)cc2)C(=O)O)cc1. The number of carboxylic acid groups (broad SMARTS) is 1. The molecule has 5 nitrogen and oxygen atoms in total. The number of carbonyl (C=O) groups excluding carboxylic acids is 1. The Morgan fingerprint density at radius 1 is 1.18 bits per heavy atom. The smallest absolute Gasteiger partial charge is 0.308 e. The van der Waals surface area contributed by atoms with E-state index in [2.05, 4.69) is 5.32 Å². The van der Waals surface area contributed by atoms with Gasteiger partial charge in [0.05, 0.1) is 12.5 Å². The highest BCUT2D eigenvalue weighted by Gasteiger charge is 2.44. The lowest BCUT2D eigenvalue weighted by molar-refractivity contribution is -0.141. The molecule has 148 valence electrons. The Bertz CT molecular complexity index is 819. The molecule has 3 unspecified atom stereocenters. The van der Waals surface area contributed by atoms with Crippen molar-refractivity contribution in [2.75, 3.05) is 13.2 Å². The van der Waals surface area contributed by atoms with Crippen LogP contribution in [0.5, 0.6) is 5.75 Å². The first kappa shape index (κ1) is 19.9. The van der Waals surface area contributed by atoms with E-state index in [0.717, 1.165) is 16.9 Å². The molecule has 3 atom stereocenters. The topological polar surface area (TPSA) is 75.6 Å². The van der Waals surface area contributed by atoms with Crippen molar-refractivity contribution in [3.05, 3.63) is 65.5 Å². The Morgan fingerprint density at radius 3 is 2.46 bits per heavy atom. The number of ether oxygens (including phenoxy) is 1. The molecule has 1 fully saturated rings. The summed E-state index contributed by atoms with van der Waals surface area (Å²) < 4.78 is 18.4. The minimum Gasteiger partial charge on any atom is -0.494 e. The number of halogens is 1. The van der Waals surface area contributed by atoms with E-state index in [0.29, 0.717) is 19.4 Å². The molecule has 1 amide bonds. The van der Waals surface area contributed by atoms with Crippen LogP contribution in [0, 0.1) is 17.7 Å². The van der Waals surface area contributed by atoms with Crippen LogP contribution in [-0.2, 0) is 16.0 Å². The predicted molar refractivity (Wildman–Crippen MR) is 103 cm³/mol. The lowest BCUT2D eigenvalue weighted by Crippen LogP contribution is -2.35.